The SMILES string of the molecule is Cc1cc(C)n(CC(=O)Nc2nc3ccc(N)cc3s2)n1. The van der Waals surface area contributed by atoms with Gasteiger partial charge in [-0.1, -0.05) is 11.3 Å². The third kappa shape index (κ3) is 2.87. The van der Waals surface area contributed by atoms with Gasteiger partial charge in [-0.15, -0.1) is 0 Å². The van der Waals surface area contributed by atoms with E-state index in [9.17, 15) is 4.79 Å². The highest BCUT2D eigenvalue weighted by Gasteiger charge is 2.10. The fourth-order valence-corrected chi connectivity index (χ4v) is 3.05. The molecule has 2 heterocycles. The monoisotopic (exact) mass is 301 g/mol. The van der Waals surface area contributed by atoms with Crippen molar-refractivity contribution in [3.8, 4) is 0 Å². The highest BCUT2D eigenvalue weighted by atomic mass is 32.1. The van der Waals surface area contributed by atoms with Gasteiger partial charge in [0.25, 0.3) is 0 Å². The molecule has 3 aromatic rings. The molecule has 0 aliphatic heterocycles. The number of nitrogens with one attached hydrogen (secondary N) is 1. The molecule has 3 N–H and O–H groups in total. The topological polar surface area (TPSA) is 85.8 Å². The first-order valence-corrected chi connectivity index (χ1v) is 7.30. The zero-order valence-corrected chi connectivity index (χ0v) is 12.6. The van der Waals surface area contributed by atoms with E-state index in [2.05, 4.69) is 15.4 Å². The van der Waals surface area contributed by atoms with Gasteiger partial charge in [-0.3, -0.25) is 9.48 Å². The van der Waals surface area contributed by atoms with E-state index in [0.717, 1.165) is 21.6 Å². The Morgan fingerprint density at radius 2 is 2.19 bits per heavy atom. The Kier molecular flexibility index (Phi) is 3.34. The number of nitrogens with two attached hydrogens (primary N) is 1. The summed E-state index contributed by atoms with van der Waals surface area (Å²) in [6.07, 6.45) is 0. The average molecular weight is 301 g/mol. The third-order valence-electron chi connectivity index (χ3n) is 3.06. The summed E-state index contributed by atoms with van der Waals surface area (Å²) in [7, 11) is 0. The number of nitrogen functional groups attached to an aromatic ring is 1. The lowest BCUT2D eigenvalue weighted by atomic mass is 10.3. The van der Waals surface area contributed by atoms with Crippen molar-refractivity contribution >= 4 is 38.3 Å². The molecule has 7 heteroatoms. The van der Waals surface area contributed by atoms with Gasteiger partial charge >= 0.3 is 0 Å². The minimum absolute atomic E-state index is 0.145. The number of amides is 1. The lowest BCUT2D eigenvalue weighted by Gasteiger charge is -2.03. The van der Waals surface area contributed by atoms with E-state index in [1.54, 1.807) is 10.7 Å². The molecule has 0 aliphatic carbocycles. The molecule has 0 unspecified atom stereocenters. The molecule has 0 aliphatic rings. The maximum atomic E-state index is 12.1. The Labute approximate surface area is 125 Å². The maximum absolute atomic E-state index is 12.1. The molecule has 2 aromatic heterocycles. The van der Waals surface area contributed by atoms with Crippen LogP contribution in [0.5, 0.6) is 0 Å². The van der Waals surface area contributed by atoms with Crippen molar-refractivity contribution in [3.05, 3.63) is 35.7 Å². The number of fused-ring (bicyclic) bond motifs is 1. The number of hydrogen-bond acceptors (Lipinski definition) is 5. The standard InChI is InChI=1S/C14H15N5OS/c1-8-5-9(2)19(18-8)7-13(20)17-14-16-11-4-3-10(15)6-12(11)21-14/h3-6H,7,15H2,1-2H3,(H,16,17,20). The molecule has 0 atom stereocenters. The number of thiazole rings is 1. The molecule has 0 fully saturated rings. The first-order chi connectivity index (χ1) is 10.0. The van der Waals surface area contributed by atoms with E-state index < -0.39 is 0 Å². The molecule has 6 nitrogen and oxygen atoms in total. The van der Waals surface area contributed by atoms with Crippen molar-refractivity contribution in [2.45, 2.75) is 20.4 Å². The molecule has 0 bridgehead atoms. The van der Waals surface area contributed by atoms with Gasteiger partial charge in [-0.05, 0) is 38.1 Å². The third-order valence-corrected chi connectivity index (χ3v) is 3.99. The molecule has 21 heavy (non-hydrogen) atoms. The van der Waals surface area contributed by atoms with Gasteiger partial charge < -0.3 is 11.1 Å². The predicted octanol–water partition coefficient (Wildman–Crippen LogP) is 2.33. The van der Waals surface area contributed by atoms with Crippen LogP contribution in [0.25, 0.3) is 10.2 Å². The van der Waals surface area contributed by atoms with Crippen molar-refractivity contribution in [1.29, 1.82) is 0 Å². The fraction of sp³-hybridized carbons (Fsp3) is 0.214. The zero-order chi connectivity index (χ0) is 15.0. The van der Waals surface area contributed by atoms with Gasteiger partial charge in [0.2, 0.25) is 5.91 Å². The summed E-state index contributed by atoms with van der Waals surface area (Å²) >= 11 is 1.41. The minimum atomic E-state index is -0.145. The second-order valence-corrected chi connectivity index (χ2v) is 5.91. The molecular weight excluding hydrogens is 286 g/mol. The predicted molar refractivity (Wildman–Crippen MR) is 84.4 cm³/mol. The molecule has 1 amide bonds. The van der Waals surface area contributed by atoms with Crippen LogP contribution in [0.1, 0.15) is 11.4 Å². The van der Waals surface area contributed by atoms with Gasteiger partial charge in [-0.25, -0.2) is 4.98 Å². The number of rotatable bonds is 3. The molecule has 108 valence electrons. The van der Waals surface area contributed by atoms with Gasteiger partial charge in [0.05, 0.1) is 15.9 Å². The summed E-state index contributed by atoms with van der Waals surface area (Å²) in [6, 6.07) is 7.43. The number of hydrogen-bond donors (Lipinski definition) is 2. The van der Waals surface area contributed by atoms with E-state index in [1.165, 1.54) is 11.3 Å². The van der Waals surface area contributed by atoms with Crippen molar-refractivity contribution < 1.29 is 4.79 Å². The van der Waals surface area contributed by atoms with Crippen LogP contribution in [0.4, 0.5) is 10.8 Å². The summed E-state index contributed by atoms with van der Waals surface area (Å²) in [6.45, 7) is 4.00. The van der Waals surface area contributed by atoms with Crippen LogP contribution < -0.4 is 11.1 Å². The first kappa shape index (κ1) is 13.6. The van der Waals surface area contributed by atoms with Crippen LogP contribution in [-0.2, 0) is 11.3 Å². The highest BCUT2D eigenvalue weighted by Crippen LogP contribution is 2.27. The van der Waals surface area contributed by atoms with E-state index in [0.29, 0.717) is 10.8 Å². The summed E-state index contributed by atoms with van der Waals surface area (Å²) in [5, 5.41) is 7.64. The van der Waals surface area contributed by atoms with Crippen LogP contribution in [0.15, 0.2) is 24.3 Å². The van der Waals surface area contributed by atoms with Crippen molar-refractivity contribution in [3.63, 3.8) is 0 Å². The summed E-state index contributed by atoms with van der Waals surface area (Å²) in [4.78, 5) is 16.4. The van der Waals surface area contributed by atoms with Gasteiger partial charge in [-0.2, -0.15) is 5.10 Å². The van der Waals surface area contributed by atoms with Crippen LogP contribution in [-0.4, -0.2) is 20.7 Å². The molecule has 0 saturated carbocycles. The molecule has 0 saturated heterocycles. The van der Waals surface area contributed by atoms with E-state index >= 15 is 0 Å². The smallest absolute Gasteiger partial charge is 0.247 e. The fourth-order valence-electron chi connectivity index (χ4n) is 2.12. The van der Waals surface area contributed by atoms with Crippen LogP contribution in [0.3, 0.4) is 0 Å². The van der Waals surface area contributed by atoms with Crippen molar-refractivity contribution in [1.82, 2.24) is 14.8 Å². The van der Waals surface area contributed by atoms with Crippen LogP contribution in [0.2, 0.25) is 0 Å². The molecule has 3 rings (SSSR count). The van der Waals surface area contributed by atoms with E-state index in [-0.39, 0.29) is 12.5 Å². The Morgan fingerprint density at radius 3 is 2.90 bits per heavy atom. The summed E-state index contributed by atoms with van der Waals surface area (Å²) in [5.74, 6) is -0.145. The first-order valence-electron chi connectivity index (χ1n) is 6.48. The second-order valence-electron chi connectivity index (χ2n) is 4.88. The molecular formula is C14H15N5OS. The van der Waals surface area contributed by atoms with Crippen LogP contribution in [0, 0.1) is 13.8 Å². The Bertz CT molecular complexity index is 820. The quantitative estimate of drug-likeness (QED) is 0.727. The molecule has 0 spiro atoms. The number of anilines is 2. The highest BCUT2D eigenvalue weighted by molar-refractivity contribution is 7.22. The largest absolute Gasteiger partial charge is 0.399 e. The van der Waals surface area contributed by atoms with Gasteiger partial charge in [0.1, 0.15) is 6.54 Å². The minimum Gasteiger partial charge on any atom is -0.399 e. The van der Waals surface area contributed by atoms with Crippen molar-refractivity contribution in [2.24, 2.45) is 0 Å². The molecule has 1 aromatic carbocycles. The Balaban J connectivity index is 1.75. The molecule has 0 radical (unpaired) electrons. The normalized spacial score (nSPS) is 11.0. The number of aryl methyl sites for hydroxylation is 2. The van der Waals surface area contributed by atoms with Crippen LogP contribution >= 0.6 is 11.3 Å². The van der Waals surface area contributed by atoms with E-state index in [1.807, 2.05) is 32.0 Å². The summed E-state index contributed by atoms with van der Waals surface area (Å²) in [5.41, 5.74) is 9.11. The second kappa shape index (κ2) is 5.17. The lowest BCUT2D eigenvalue weighted by Crippen LogP contribution is -2.20. The Morgan fingerprint density at radius 1 is 1.38 bits per heavy atom. The number of benzene rings is 1. The van der Waals surface area contributed by atoms with Gasteiger partial charge in [0, 0.05) is 11.4 Å². The Hall–Kier alpha value is -2.41. The van der Waals surface area contributed by atoms with Gasteiger partial charge in [0.15, 0.2) is 5.13 Å². The number of carbonyl (C=O) groups excluding carboxylic acids is 1. The maximum Gasteiger partial charge on any atom is 0.247 e. The number of nitrogens with zero attached hydrogens (tertiary/aromatic N) is 3. The number of carbonyl (C=O) groups is 1. The lowest BCUT2D eigenvalue weighted by molar-refractivity contribution is -0.116. The van der Waals surface area contributed by atoms with Crippen molar-refractivity contribution in [2.75, 3.05) is 11.1 Å². The zero-order valence-electron chi connectivity index (χ0n) is 11.8. The summed E-state index contributed by atoms with van der Waals surface area (Å²) < 4.78 is 2.63. The number of aromatic nitrogens is 3. The average Bonchev–Trinajstić information content (AvgIpc) is 2.91. The van der Waals surface area contributed by atoms with E-state index in [4.69, 9.17) is 5.73 Å².